The van der Waals surface area contributed by atoms with Gasteiger partial charge in [-0.25, -0.2) is 0 Å². The van der Waals surface area contributed by atoms with Gasteiger partial charge in [-0.05, 0) is 25.8 Å². The number of carbonyl (C=O) groups excluding carboxylic acids is 1. The van der Waals surface area contributed by atoms with Crippen molar-refractivity contribution in [3.63, 3.8) is 0 Å². The number of aliphatic hydroxyl groups excluding tert-OH is 1. The monoisotopic (exact) mass is 284 g/mol. The molecule has 1 N–H and O–H groups in total. The van der Waals surface area contributed by atoms with E-state index in [2.05, 4.69) is 0 Å². The highest BCUT2D eigenvalue weighted by molar-refractivity contribution is 6.31. The number of rotatable bonds is 3. The Morgan fingerprint density at radius 2 is 2.26 bits per heavy atom. The number of carbonyl (C=O) groups is 1. The molecule has 1 unspecified atom stereocenters. The van der Waals surface area contributed by atoms with Crippen LogP contribution in [0.3, 0.4) is 0 Å². The molecule has 0 spiro atoms. The summed E-state index contributed by atoms with van der Waals surface area (Å²) in [5.74, 6) is -0.0188. The molecule has 19 heavy (non-hydrogen) atoms. The van der Waals surface area contributed by atoms with E-state index in [0.717, 1.165) is 32.2 Å². The highest BCUT2D eigenvalue weighted by Gasteiger charge is 2.27. The number of halogens is 1. The van der Waals surface area contributed by atoms with Crippen LogP contribution >= 0.6 is 11.6 Å². The molecule has 1 aromatic rings. The summed E-state index contributed by atoms with van der Waals surface area (Å²) in [6.45, 7) is 3.45. The van der Waals surface area contributed by atoms with Gasteiger partial charge in [-0.3, -0.25) is 4.79 Å². The minimum Gasteiger partial charge on any atom is -0.394 e. The average molecular weight is 285 g/mol. The molecule has 5 heteroatoms. The molecule has 1 atom stereocenters. The fourth-order valence-electron chi connectivity index (χ4n) is 2.70. The summed E-state index contributed by atoms with van der Waals surface area (Å²) in [7, 11) is 0. The average Bonchev–Trinajstić information content (AvgIpc) is 2.64. The minimum absolute atomic E-state index is 0.0188. The molecule has 1 fully saturated rings. The molecule has 4 nitrogen and oxygen atoms in total. The highest BCUT2D eigenvalue weighted by Crippen LogP contribution is 2.21. The molecule has 0 aliphatic carbocycles. The fourth-order valence-corrected chi connectivity index (χ4v) is 2.92. The molecule has 0 radical (unpaired) electrons. The van der Waals surface area contributed by atoms with Crippen LogP contribution in [0, 0.1) is 0 Å². The molecule has 0 saturated carbocycles. The zero-order chi connectivity index (χ0) is 13.8. The third kappa shape index (κ3) is 3.12. The maximum Gasteiger partial charge on any atom is 0.270 e. The number of likely N-dealkylation sites (tertiary alicyclic amines) is 1. The molecule has 2 rings (SSSR count). The zero-order valence-corrected chi connectivity index (χ0v) is 12.1. The molecular formula is C14H21ClN2O2. The van der Waals surface area contributed by atoms with Gasteiger partial charge in [-0.1, -0.05) is 24.4 Å². The second-order valence-electron chi connectivity index (χ2n) is 5.01. The number of aromatic nitrogens is 1. The van der Waals surface area contributed by atoms with E-state index in [1.165, 1.54) is 0 Å². The van der Waals surface area contributed by atoms with Crippen LogP contribution in [0.2, 0.25) is 5.02 Å². The largest absolute Gasteiger partial charge is 0.394 e. The second kappa shape index (κ2) is 6.44. The molecule has 1 saturated heterocycles. The number of aliphatic hydroxyl groups is 1. The van der Waals surface area contributed by atoms with E-state index in [4.69, 9.17) is 11.6 Å². The summed E-state index contributed by atoms with van der Waals surface area (Å²) in [6.07, 6.45) is 5.85. The van der Waals surface area contributed by atoms with Gasteiger partial charge in [0.25, 0.3) is 5.91 Å². The van der Waals surface area contributed by atoms with Gasteiger partial charge in [0.1, 0.15) is 5.69 Å². The Morgan fingerprint density at radius 3 is 2.95 bits per heavy atom. The Morgan fingerprint density at radius 1 is 1.47 bits per heavy atom. The molecule has 0 aromatic carbocycles. The lowest BCUT2D eigenvalue weighted by atomic mass is 10.1. The zero-order valence-electron chi connectivity index (χ0n) is 11.3. The first-order valence-corrected chi connectivity index (χ1v) is 7.32. The van der Waals surface area contributed by atoms with Crippen molar-refractivity contribution in [1.29, 1.82) is 0 Å². The van der Waals surface area contributed by atoms with E-state index < -0.39 is 0 Å². The first kappa shape index (κ1) is 14.4. The van der Waals surface area contributed by atoms with Crippen LogP contribution in [-0.4, -0.2) is 39.7 Å². The maximum atomic E-state index is 12.7. The van der Waals surface area contributed by atoms with E-state index in [-0.39, 0.29) is 18.6 Å². The molecule has 1 amide bonds. The fraction of sp³-hybridized carbons (Fsp3) is 0.643. The predicted molar refractivity (Wildman–Crippen MR) is 75.5 cm³/mol. The van der Waals surface area contributed by atoms with Gasteiger partial charge in [-0.15, -0.1) is 0 Å². The minimum atomic E-state index is -0.0611. The molecular weight excluding hydrogens is 264 g/mol. The normalized spacial score (nSPS) is 20.4. The van der Waals surface area contributed by atoms with E-state index in [1.807, 2.05) is 16.4 Å². The Balaban J connectivity index is 2.24. The van der Waals surface area contributed by atoms with Crippen molar-refractivity contribution in [3.8, 4) is 0 Å². The van der Waals surface area contributed by atoms with E-state index in [0.29, 0.717) is 17.3 Å². The van der Waals surface area contributed by atoms with Crippen LogP contribution < -0.4 is 0 Å². The van der Waals surface area contributed by atoms with E-state index >= 15 is 0 Å². The van der Waals surface area contributed by atoms with E-state index in [9.17, 15) is 9.90 Å². The molecule has 2 heterocycles. The second-order valence-corrected chi connectivity index (χ2v) is 5.45. The SMILES string of the molecule is CCn1cc(Cl)cc1C(=O)N1CCCCCC1CO. The molecule has 1 aliphatic rings. The van der Waals surface area contributed by atoms with Gasteiger partial charge in [0.2, 0.25) is 0 Å². The summed E-state index contributed by atoms with van der Waals surface area (Å²) < 4.78 is 1.87. The molecule has 106 valence electrons. The lowest BCUT2D eigenvalue weighted by Crippen LogP contribution is -2.42. The number of aryl methyl sites for hydroxylation is 1. The summed E-state index contributed by atoms with van der Waals surface area (Å²) in [4.78, 5) is 14.5. The van der Waals surface area contributed by atoms with Gasteiger partial charge < -0.3 is 14.6 Å². The number of nitrogens with zero attached hydrogens (tertiary/aromatic N) is 2. The van der Waals surface area contributed by atoms with Crippen molar-refractivity contribution in [1.82, 2.24) is 9.47 Å². The van der Waals surface area contributed by atoms with Gasteiger partial charge in [-0.2, -0.15) is 0 Å². The van der Waals surface area contributed by atoms with Gasteiger partial charge >= 0.3 is 0 Å². The summed E-state index contributed by atoms with van der Waals surface area (Å²) in [6, 6.07) is 1.65. The van der Waals surface area contributed by atoms with Crippen molar-refractivity contribution < 1.29 is 9.90 Å². The van der Waals surface area contributed by atoms with Crippen molar-refractivity contribution in [2.24, 2.45) is 0 Å². The van der Waals surface area contributed by atoms with E-state index in [1.54, 1.807) is 12.3 Å². The molecule has 1 aromatic heterocycles. The van der Waals surface area contributed by atoms with Crippen molar-refractivity contribution in [2.45, 2.75) is 45.2 Å². The van der Waals surface area contributed by atoms with Crippen LogP contribution in [0.4, 0.5) is 0 Å². The smallest absolute Gasteiger partial charge is 0.270 e. The van der Waals surface area contributed by atoms with Crippen molar-refractivity contribution >= 4 is 17.5 Å². The third-order valence-corrected chi connectivity index (χ3v) is 3.98. The number of hydrogen-bond donors (Lipinski definition) is 1. The van der Waals surface area contributed by atoms with Crippen LogP contribution in [0.1, 0.15) is 43.1 Å². The van der Waals surface area contributed by atoms with Crippen LogP contribution in [-0.2, 0) is 6.54 Å². The van der Waals surface area contributed by atoms with Crippen LogP contribution in [0.5, 0.6) is 0 Å². The summed E-state index contributed by atoms with van der Waals surface area (Å²) in [5.41, 5.74) is 0.618. The van der Waals surface area contributed by atoms with Gasteiger partial charge in [0.05, 0.1) is 17.7 Å². The Hall–Kier alpha value is -1.00. The number of amides is 1. The predicted octanol–water partition coefficient (Wildman–Crippen LogP) is 2.54. The Labute approximate surface area is 119 Å². The topological polar surface area (TPSA) is 45.5 Å². The first-order valence-electron chi connectivity index (χ1n) is 6.95. The number of hydrogen-bond acceptors (Lipinski definition) is 2. The highest BCUT2D eigenvalue weighted by atomic mass is 35.5. The molecule has 1 aliphatic heterocycles. The molecule has 0 bridgehead atoms. The Kier molecular flexibility index (Phi) is 4.88. The third-order valence-electron chi connectivity index (χ3n) is 3.77. The quantitative estimate of drug-likeness (QED) is 0.927. The van der Waals surface area contributed by atoms with Gasteiger partial charge in [0.15, 0.2) is 0 Å². The standard InChI is InChI=1S/C14H21ClN2O2/c1-2-16-9-11(15)8-13(16)14(19)17-7-5-3-4-6-12(17)10-18/h8-9,12,18H,2-7,10H2,1H3. The lowest BCUT2D eigenvalue weighted by Gasteiger charge is -2.28. The summed E-state index contributed by atoms with van der Waals surface area (Å²) >= 11 is 5.99. The first-order chi connectivity index (χ1) is 9.17. The summed E-state index contributed by atoms with van der Waals surface area (Å²) in [5, 5.41) is 10.1. The van der Waals surface area contributed by atoms with Crippen molar-refractivity contribution in [2.75, 3.05) is 13.2 Å². The Bertz CT molecular complexity index is 445. The van der Waals surface area contributed by atoms with Crippen LogP contribution in [0.25, 0.3) is 0 Å². The maximum absolute atomic E-state index is 12.7. The lowest BCUT2D eigenvalue weighted by molar-refractivity contribution is 0.0589. The van der Waals surface area contributed by atoms with Gasteiger partial charge in [0, 0.05) is 19.3 Å². The van der Waals surface area contributed by atoms with Crippen LogP contribution in [0.15, 0.2) is 12.3 Å². The van der Waals surface area contributed by atoms with Crippen molar-refractivity contribution in [3.05, 3.63) is 23.0 Å².